The number of carbonyl (C=O) groups is 4. The Kier molecular flexibility index (Phi) is 9.85. The molecule has 0 aliphatic rings. The molecule has 3 aromatic carbocycles. The predicted octanol–water partition coefficient (Wildman–Crippen LogP) is 6.50. The maximum Gasteiger partial charge on any atom is 0.347 e. The summed E-state index contributed by atoms with van der Waals surface area (Å²) in [6, 6.07) is 16.9. The molecule has 0 N–H and O–H groups in total. The minimum absolute atomic E-state index is 0.00788. The van der Waals surface area contributed by atoms with Gasteiger partial charge in [0.2, 0.25) is 0 Å². The fourth-order valence-corrected chi connectivity index (χ4v) is 4.27. The van der Waals surface area contributed by atoms with Crippen LogP contribution in [0.2, 0.25) is 18.1 Å². The van der Waals surface area contributed by atoms with Gasteiger partial charge in [-0.3, -0.25) is 9.59 Å². The Hall–Kier alpha value is -4.28. The van der Waals surface area contributed by atoms with Crippen LogP contribution >= 0.6 is 0 Å². The van der Waals surface area contributed by atoms with Crippen molar-refractivity contribution in [3.63, 3.8) is 0 Å². The molecule has 9 nitrogen and oxygen atoms in total. The summed E-state index contributed by atoms with van der Waals surface area (Å²) in [6.45, 7) is 13.7. The summed E-state index contributed by atoms with van der Waals surface area (Å²) in [5.74, 6) is -2.70. The molecule has 0 fully saturated rings. The molecule has 216 valence electrons. The Morgan fingerprint density at radius 3 is 1.76 bits per heavy atom. The van der Waals surface area contributed by atoms with Crippen LogP contribution in [-0.2, 0) is 20.6 Å². The molecular formula is C31H34O9Si. The van der Waals surface area contributed by atoms with E-state index in [1.165, 1.54) is 44.2 Å². The lowest BCUT2D eigenvalue weighted by Crippen LogP contribution is -2.40. The quantitative estimate of drug-likeness (QED) is 0.159. The molecule has 41 heavy (non-hydrogen) atoms. The van der Waals surface area contributed by atoms with Crippen molar-refractivity contribution in [3.05, 3.63) is 83.4 Å². The largest absolute Gasteiger partial charge is 0.426 e. The zero-order valence-corrected chi connectivity index (χ0v) is 25.2. The highest BCUT2D eigenvalue weighted by Crippen LogP contribution is 2.37. The Morgan fingerprint density at radius 2 is 1.17 bits per heavy atom. The summed E-state index contributed by atoms with van der Waals surface area (Å²) >= 11 is 0. The van der Waals surface area contributed by atoms with Crippen LogP contribution in [0.15, 0.2) is 66.7 Å². The number of benzene rings is 3. The summed E-state index contributed by atoms with van der Waals surface area (Å²) in [4.78, 5) is 49.0. The van der Waals surface area contributed by atoms with Gasteiger partial charge < -0.3 is 23.4 Å². The van der Waals surface area contributed by atoms with Crippen LogP contribution in [0.25, 0.3) is 0 Å². The molecule has 0 heterocycles. The van der Waals surface area contributed by atoms with E-state index in [4.69, 9.17) is 23.4 Å². The number of hydrogen-bond donors (Lipinski definition) is 0. The molecule has 0 saturated heterocycles. The van der Waals surface area contributed by atoms with E-state index in [1.807, 2.05) is 12.1 Å². The maximum absolute atomic E-state index is 13.1. The highest BCUT2D eigenvalue weighted by molar-refractivity contribution is 6.74. The van der Waals surface area contributed by atoms with Gasteiger partial charge in [0.25, 0.3) is 0 Å². The van der Waals surface area contributed by atoms with Gasteiger partial charge in [0, 0.05) is 13.8 Å². The van der Waals surface area contributed by atoms with Crippen molar-refractivity contribution in [3.8, 4) is 23.0 Å². The second-order valence-electron chi connectivity index (χ2n) is 10.8. The van der Waals surface area contributed by atoms with Crippen molar-refractivity contribution in [1.29, 1.82) is 0 Å². The van der Waals surface area contributed by atoms with Crippen molar-refractivity contribution in [2.24, 2.45) is 0 Å². The van der Waals surface area contributed by atoms with Gasteiger partial charge in [0.15, 0.2) is 8.32 Å². The lowest BCUT2D eigenvalue weighted by molar-refractivity contribution is -0.132. The molecule has 0 aliphatic heterocycles. The molecule has 3 aromatic rings. The highest BCUT2D eigenvalue weighted by Gasteiger charge is 2.37. The number of rotatable bonds is 9. The molecule has 0 atom stereocenters. The zero-order chi connectivity index (χ0) is 30.4. The Bertz CT molecular complexity index is 1440. The lowest BCUT2D eigenvalue weighted by atomic mass is 10.1. The second kappa shape index (κ2) is 12.9. The van der Waals surface area contributed by atoms with Gasteiger partial charge in [0.1, 0.15) is 34.1 Å². The van der Waals surface area contributed by atoms with Gasteiger partial charge in [-0.25, -0.2) is 9.59 Å². The maximum atomic E-state index is 13.1. The molecule has 0 spiro atoms. The summed E-state index contributed by atoms with van der Waals surface area (Å²) in [7, 11) is -1.93. The molecule has 0 aromatic heterocycles. The van der Waals surface area contributed by atoms with Gasteiger partial charge in [0.05, 0.1) is 6.61 Å². The van der Waals surface area contributed by atoms with Crippen molar-refractivity contribution < 1.29 is 42.6 Å². The van der Waals surface area contributed by atoms with Gasteiger partial charge >= 0.3 is 23.9 Å². The molecule has 0 radical (unpaired) electrons. The van der Waals surface area contributed by atoms with E-state index in [0.29, 0.717) is 6.61 Å². The molecule has 0 amide bonds. The third-order valence-corrected chi connectivity index (χ3v) is 11.0. The van der Waals surface area contributed by atoms with Crippen LogP contribution < -0.4 is 18.9 Å². The van der Waals surface area contributed by atoms with Crippen LogP contribution in [0.5, 0.6) is 23.0 Å². The van der Waals surface area contributed by atoms with Crippen molar-refractivity contribution in [2.45, 2.75) is 59.4 Å². The average molecular weight is 579 g/mol. The van der Waals surface area contributed by atoms with E-state index in [-0.39, 0.29) is 39.2 Å². The van der Waals surface area contributed by atoms with Crippen LogP contribution in [-0.4, -0.2) is 32.2 Å². The fraction of sp³-hybridized carbons (Fsp3) is 0.290. The van der Waals surface area contributed by atoms with Gasteiger partial charge in [-0.1, -0.05) is 45.0 Å². The second-order valence-corrected chi connectivity index (χ2v) is 15.6. The average Bonchev–Trinajstić information content (AvgIpc) is 2.88. The summed E-state index contributed by atoms with van der Waals surface area (Å²) < 4.78 is 27.4. The monoisotopic (exact) mass is 578 g/mol. The first-order valence-corrected chi connectivity index (χ1v) is 15.8. The minimum Gasteiger partial charge on any atom is -0.426 e. The van der Waals surface area contributed by atoms with Crippen LogP contribution in [0.4, 0.5) is 0 Å². The molecular weight excluding hydrogens is 544 g/mol. The summed E-state index contributed by atoms with van der Waals surface area (Å²) in [5, 5.41) is 0.0801. The minimum atomic E-state index is -1.93. The predicted molar refractivity (Wildman–Crippen MR) is 154 cm³/mol. The number of ether oxygens (including phenoxy) is 4. The van der Waals surface area contributed by atoms with Crippen molar-refractivity contribution >= 4 is 32.2 Å². The topological polar surface area (TPSA) is 114 Å². The first-order valence-electron chi connectivity index (χ1n) is 12.9. The van der Waals surface area contributed by atoms with Crippen molar-refractivity contribution in [1.82, 2.24) is 0 Å². The standard InChI is InChI=1S/C31H34O9Si/c1-20(32)37-27-11-9-8-10-25(27)29(34)40-24-16-17-28(38-21(2)33)26(18-24)30(35)39-23-14-12-22(13-15-23)19-36-41(6,7)31(3,4)5/h8-18H,19H2,1-7H3. The van der Waals surface area contributed by atoms with E-state index in [2.05, 4.69) is 33.9 Å². The van der Waals surface area contributed by atoms with Gasteiger partial charge in [-0.15, -0.1) is 0 Å². The van der Waals surface area contributed by atoms with E-state index < -0.39 is 32.2 Å². The molecule has 0 aliphatic carbocycles. The summed E-state index contributed by atoms with van der Waals surface area (Å²) in [5.41, 5.74) is 0.802. The number of para-hydroxylation sites is 1. The van der Waals surface area contributed by atoms with Crippen LogP contribution in [0.3, 0.4) is 0 Å². The van der Waals surface area contributed by atoms with E-state index >= 15 is 0 Å². The smallest absolute Gasteiger partial charge is 0.347 e. The first-order chi connectivity index (χ1) is 19.2. The summed E-state index contributed by atoms with van der Waals surface area (Å²) in [6.07, 6.45) is 0. The molecule has 0 bridgehead atoms. The van der Waals surface area contributed by atoms with Crippen LogP contribution in [0, 0.1) is 0 Å². The normalized spacial score (nSPS) is 11.4. The third-order valence-electron chi connectivity index (χ3n) is 6.54. The Balaban J connectivity index is 1.78. The van der Waals surface area contributed by atoms with E-state index in [1.54, 1.807) is 24.3 Å². The number of hydrogen-bond acceptors (Lipinski definition) is 9. The van der Waals surface area contributed by atoms with E-state index in [9.17, 15) is 19.2 Å². The highest BCUT2D eigenvalue weighted by atomic mass is 28.4. The molecule has 10 heteroatoms. The number of esters is 4. The van der Waals surface area contributed by atoms with Gasteiger partial charge in [-0.2, -0.15) is 0 Å². The first kappa shape index (κ1) is 31.2. The molecule has 3 rings (SSSR count). The fourth-order valence-electron chi connectivity index (χ4n) is 3.31. The number of carbonyl (C=O) groups excluding carboxylic acids is 4. The lowest BCUT2D eigenvalue weighted by Gasteiger charge is -2.36. The van der Waals surface area contributed by atoms with Gasteiger partial charge in [-0.05, 0) is 66.2 Å². The molecule has 0 unspecified atom stereocenters. The SMILES string of the molecule is CC(=O)Oc1ccccc1C(=O)Oc1ccc(OC(C)=O)c(C(=O)Oc2ccc(CO[Si](C)(C)C(C)(C)C)cc2)c1. The van der Waals surface area contributed by atoms with Crippen LogP contribution in [0.1, 0.15) is 60.9 Å². The molecule has 0 saturated carbocycles. The van der Waals surface area contributed by atoms with E-state index in [0.717, 1.165) is 5.56 Å². The van der Waals surface area contributed by atoms with Crippen molar-refractivity contribution in [2.75, 3.05) is 0 Å². The Morgan fingerprint density at radius 1 is 0.659 bits per heavy atom. The third kappa shape index (κ3) is 8.60. The zero-order valence-electron chi connectivity index (χ0n) is 24.2. The Labute approximate surface area is 240 Å².